The molecule has 0 aliphatic carbocycles. The van der Waals surface area contributed by atoms with Gasteiger partial charge in [0.2, 0.25) is 0 Å². The summed E-state index contributed by atoms with van der Waals surface area (Å²) in [7, 11) is 1.76. The molecule has 1 aromatic carbocycles. The molecule has 0 saturated carbocycles. The van der Waals surface area contributed by atoms with Crippen molar-refractivity contribution >= 4 is 5.69 Å². The Morgan fingerprint density at radius 3 is 2.50 bits per heavy atom. The van der Waals surface area contributed by atoms with Crippen molar-refractivity contribution in [2.75, 3.05) is 71.0 Å². The van der Waals surface area contributed by atoms with Crippen molar-refractivity contribution in [2.45, 2.75) is 26.8 Å². The molecule has 26 heavy (non-hydrogen) atoms. The van der Waals surface area contributed by atoms with E-state index in [1.54, 1.807) is 7.11 Å². The monoisotopic (exact) mass is 361 g/mol. The van der Waals surface area contributed by atoms with E-state index in [0.717, 1.165) is 64.8 Å². The summed E-state index contributed by atoms with van der Waals surface area (Å²) >= 11 is 0. The molecule has 2 saturated heterocycles. The van der Waals surface area contributed by atoms with E-state index in [0.29, 0.717) is 6.04 Å². The van der Waals surface area contributed by atoms with Gasteiger partial charge < -0.3 is 14.4 Å². The summed E-state index contributed by atoms with van der Waals surface area (Å²) in [6.07, 6.45) is 0. The Kier molecular flexibility index (Phi) is 6.43. The lowest BCUT2D eigenvalue weighted by Gasteiger charge is -2.45. The van der Waals surface area contributed by atoms with Gasteiger partial charge in [-0.2, -0.15) is 0 Å². The van der Waals surface area contributed by atoms with Crippen LogP contribution in [0, 0.1) is 5.41 Å². The third-order valence-electron chi connectivity index (χ3n) is 5.58. The highest BCUT2D eigenvalue weighted by atomic mass is 16.5. The van der Waals surface area contributed by atoms with E-state index >= 15 is 0 Å². The van der Waals surface area contributed by atoms with Crippen LogP contribution in [-0.2, 0) is 4.74 Å². The molecule has 146 valence electrons. The molecule has 1 aromatic rings. The van der Waals surface area contributed by atoms with Gasteiger partial charge in [0.05, 0.1) is 26.0 Å². The minimum atomic E-state index is 0.290. The first-order chi connectivity index (χ1) is 12.5. The van der Waals surface area contributed by atoms with Gasteiger partial charge in [0, 0.05) is 51.9 Å². The molecule has 0 N–H and O–H groups in total. The van der Waals surface area contributed by atoms with Crippen LogP contribution in [0.4, 0.5) is 5.69 Å². The zero-order valence-corrected chi connectivity index (χ0v) is 16.9. The number of hydrogen-bond donors (Lipinski definition) is 0. The molecule has 2 aliphatic rings. The molecule has 0 bridgehead atoms. The third kappa shape index (κ3) is 4.90. The van der Waals surface area contributed by atoms with Crippen molar-refractivity contribution in [1.82, 2.24) is 9.80 Å². The third-order valence-corrected chi connectivity index (χ3v) is 5.58. The topological polar surface area (TPSA) is 28.2 Å². The zero-order chi connectivity index (χ0) is 18.6. The van der Waals surface area contributed by atoms with Crippen LogP contribution in [0.15, 0.2) is 24.3 Å². The number of piperazine rings is 1. The first-order valence-electron chi connectivity index (χ1n) is 9.91. The van der Waals surface area contributed by atoms with Gasteiger partial charge in [-0.25, -0.2) is 0 Å². The number of ether oxygens (including phenoxy) is 2. The Hall–Kier alpha value is -1.30. The Balaban J connectivity index is 1.56. The zero-order valence-electron chi connectivity index (χ0n) is 16.9. The van der Waals surface area contributed by atoms with Gasteiger partial charge in [-0.15, -0.1) is 0 Å². The van der Waals surface area contributed by atoms with E-state index < -0.39 is 0 Å². The molecule has 5 heteroatoms. The standard InChI is InChI=1S/C21H35N3O2/c1-18-15-23(19-7-5-6-8-20(19)25-4)9-10-24(18)17-21(2,3)16-22-11-13-26-14-12-22/h5-8,18H,9-17H2,1-4H3/t18-/m1/s1. The lowest BCUT2D eigenvalue weighted by atomic mass is 9.90. The maximum absolute atomic E-state index is 5.55. The van der Waals surface area contributed by atoms with Crippen LogP contribution in [0.5, 0.6) is 5.75 Å². The fourth-order valence-corrected chi connectivity index (χ4v) is 4.30. The van der Waals surface area contributed by atoms with E-state index in [-0.39, 0.29) is 5.41 Å². The fourth-order valence-electron chi connectivity index (χ4n) is 4.30. The summed E-state index contributed by atoms with van der Waals surface area (Å²) in [4.78, 5) is 7.68. The van der Waals surface area contributed by atoms with Crippen LogP contribution in [0.3, 0.4) is 0 Å². The average Bonchev–Trinajstić information content (AvgIpc) is 2.63. The fraction of sp³-hybridized carbons (Fsp3) is 0.714. The summed E-state index contributed by atoms with van der Waals surface area (Å²) in [6, 6.07) is 8.90. The van der Waals surface area contributed by atoms with Crippen LogP contribution in [-0.4, -0.2) is 82.0 Å². The van der Waals surface area contributed by atoms with Crippen molar-refractivity contribution in [3.63, 3.8) is 0 Å². The normalized spacial score (nSPS) is 23.2. The van der Waals surface area contributed by atoms with Gasteiger partial charge >= 0.3 is 0 Å². The van der Waals surface area contributed by atoms with Gasteiger partial charge in [0.25, 0.3) is 0 Å². The summed E-state index contributed by atoms with van der Waals surface area (Å²) < 4.78 is 11.0. The molecular weight excluding hydrogens is 326 g/mol. The minimum absolute atomic E-state index is 0.290. The highest BCUT2D eigenvalue weighted by Gasteiger charge is 2.31. The summed E-state index contributed by atoms with van der Waals surface area (Å²) in [5.41, 5.74) is 1.51. The number of benzene rings is 1. The van der Waals surface area contributed by atoms with Crippen molar-refractivity contribution in [3.05, 3.63) is 24.3 Å². The summed E-state index contributed by atoms with van der Waals surface area (Å²) in [6.45, 7) is 16.6. The smallest absolute Gasteiger partial charge is 0.142 e. The summed E-state index contributed by atoms with van der Waals surface area (Å²) in [5.74, 6) is 0.973. The average molecular weight is 362 g/mol. The number of hydrogen-bond acceptors (Lipinski definition) is 5. The molecule has 3 rings (SSSR count). The maximum atomic E-state index is 5.55. The quantitative estimate of drug-likeness (QED) is 0.777. The van der Waals surface area contributed by atoms with Gasteiger partial charge in [0.1, 0.15) is 5.75 Å². The number of anilines is 1. The Bertz CT molecular complexity index is 572. The molecule has 0 unspecified atom stereocenters. The molecule has 0 radical (unpaired) electrons. The van der Waals surface area contributed by atoms with Crippen molar-refractivity contribution in [3.8, 4) is 5.75 Å². The predicted octanol–water partition coefficient (Wildman–Crippen LogP) is 2.56. The predicted molar refractivity (Wildman–Crippen MR) is 107 cm³/mol. The molecule has 2 fully saturated rings. The van der Waals surface area contributed by atoms with Gasteiger partial charge in [-0.1, -0.05) is 26.0 Å². The SMILES string of the molecule is COc1ccccc1N1CCN(CC(C)(C)CN2CCOCC2)[C@H](C)C1. The molecule has 5 nitrogen and oxygen atoms in total. The van der Waals surface area contributed by atoms with E-state index in [1.165, 1.54) is 5.69 Å². The van der Waals surface area contributed by atoms with Gasteiger partial charge in [-0.3, -0.25) is 9.80 Å². The second kappa shape index (κ2) is 8.59. The largest absolute Gasteiger partial charge is 0.495 e. The van der Waals surface area contributed by atoms with Gasteiger partial charge in [0.15, 0.2) is 0 Å². The number of para-hydroxylation sites is 2. The highest BCUT2D eigenvalue weighted by Crippen LogP contribution is 2.30. The number of rotatable bonds is 6. The highest BCUT2D eigenvalue weighted by molar-refractivity contribution is 5.58. The van der Waals surface area contributed by atoms with E-state index in [9.17, 15) is 0 Å². The Morgan fingerprint density at radius 2 is 1.81 bits per heavy atom. The van der Waals surface area contributed by atoms with Crippen LogP contribution in [0.2, 0.25) is 0 Å². The van der Waals surface area contributed by atoms with E-state index in [2.05, 4.69) is 53.7 Å². The Morgan fingerprint density at radius 1 is 1.08 bits per heavy atom. The second-order valence-corrected chi connectivity index (χ2v) is 8.49. The number of nitrogens with zero attached hydrogens (tertiary/aromatic N) is 3. The number of methoxy groups -OCH3 is 1. The van der Waals surface area contributed by atoms with Crippen LogP contribution < -0.4 is 9.64 Å². The molecule has 0 amide bonds. The maximum Gasteiger partial charge on any atom is 0.142 e. The van der Waals surface area contributed by atoms with Crippen LogP contribution in [0.25, 0.3) is 0 Å². The molecular formula is C21H35N3O2. The molecule has 0 spiro atoms. The first-order valence-corrected chi connectivity index (χ1v) is 9.91. The number of morpholine rings is 1. The van der Waals surface area contributed by atoms with E-state index in [4.69, 9.17) is 9.47 Å². The van der Waals surface area contributed by atoms with Crippen LogP contribution in [0.1, 0.15) is 20.8 Å². The summed E-state index contributed by atoms with van der Waals surface area (Å²) in [5, 5.41) is 0. The van der Waals surface area contributed by atoms with Crippen molar-refractivity contribution in [1.29, 1.82) is 0 Å². The van der Waals surface area contributed by atoms with E-state index in [1.807, 2.05) is 6.07 Å². The van der Waals surface area contributed by atoms with Crippen LogP contribution >= 0.6 is 0 Å². The lowest BCUT2D eigenvalue weighted by Crippen LogP contribution is -2.55. The lowest BCUT2D eigenvalue weighted by molar-refractivity contribution is 0.0115. The second-order valence-electron chi connectivity index (χ2n) is 8.49. The van der Waals surface area contributed by atoms with Crippen molar-refractivity contribution < 1.29 is 9.47 Å². The molecule has 2 heterocycles. The Labute approximate surface area is 158 Å². The molecule has 1 atom stereocenters. The molecule has 0 aromatic heterocycles. The first kappa shape index (κ1) is 19.5. The molecule has 2 aliphatic heterocycles. The minimum Gasteiger partial charge on any atom is -0.495 e. The van der Waals surface area contributed by atoms with Gasteiger partial charge in [-0.05, 0) is 24.5 Å². The van der Waals surface area contributed by atoms with Crippen molar-refractivity contribution in [2.24, 2.45) is 5.41 Å².